The zero-order valence-electron chi connectivity index (χ0n) is 9.52. The molecule has 94 valence electrons. The van der Waals surface area contributed by atoms with Crippen molar-refractivity contribution in [3.05, 3.63) is 54.1 Å². The lowest BCUT2D eigenvalue weighted by Crippen LogP contribution is -2.04. The van der Waals surface area contributed by atoms with Crippen molar-refractivity contribution in [2.45, 2.75) is 4.90 Å². The van der Waals surface area contributed by atoms with E-state index < -0.39 is 26.4 Å². The maximum Gasteiger partial charge on any atom is 0.179 e. The van der Waals surface area contributed by atoms with Crippen LogP contribution >= 0.6 is 0 Å². The average molecular weight is 268 g/mol. The van der Waals surface area contributed by atoms with E-state index in [9.17, 15) is 17.2 Å². The number of hydrogen-bond acceptors (Lipinski definition) is 2. The standard InChI is InChI=1S/C13H10F2O2S/c1-18(16,17)13-10(6-4-8-12(13)15)9-5-2-3-7-11(9)14/h2-8H,1H3. The van der Waals surface area contributed by atoms with Crippen LogP contribution < -0.4 is 0 Å². The normalized spacial score (nSPS) is 11.5. The van der Waals surface area contributed by atoms with E-state index in [0.29, 0.717) is 0 Å². The molecule has 0 N–H and O–H groups in total. The number of benzene rings is 2. The van der Waals surface area contributed by atoms with Crippen molar-refractivity contribution in [1.82, 2.24) is 0 Å². The molecule has 0 saturated heterocycles. The highest BCUT2D eigenvalue weighted by atomic mass is 32.2. The van der Waals surface area contributed by atoms with Crippen molar-refractivity contribution < 1.29 is 17.2 Å². The lowest BCUT2D eigenvalue weighted by molar-refractivity contribution is 0.571. The molecule has 2 nitrogen and oxygen atoms in total. The Kier molecular flexibility index (Phi) is 3.17. The van der Waals surface area contributed by atoms with Gasteiger partial charge < -0.3 is 0 Å². The highest BCUT2D eigenvalue weighted by Gasteiger charge is 2.20. The van der Waals surface area contributed by atoms with Gasteiger partial charge >= 0.3 is 0 Å². The van der Waals surface area contributed by atoms with Crippen molar-refractivity contribution in [2.75, 3.05) is 6.26 Å². The molecule has 2 aromatic carbocycles. The monoisotopic (exact) mass is 268 g/mol. The van der Waals surface area contributed by atoms with Crippen LogP contribution in [0.25, 0.3) is 11.1 Å². The molecule has 5 heteroatoms. The average Bonchev–Trinajstić information content (AvgIpc) is 2.27. The van der Waals surface area contributed by atoms with E-state index in [-0.39, 0.29) is 11.1 Å². The fourth-order valence-corrected chi connectivity index (χ4v) is 2.78. The Morgan fingerprint density at radius 2 is 1.39 bits per heavy atom. The summed E-state index contributed by atoms with van der Waals surface area (Å²) in [6.07, 6.45) is 0.899. The van der Waals surface area contributed by atoms with Gasteiger partial charge in [-0.3, -0.25) is 0 Å². The zero-order valence-corrected chi connectivity index (χ0v) is 10.3. The van der Waals surface area contributed by atoms with Gasteiger partial charge in [-0.25, -0.2) is 17.2 Å². The van der Waals surface area contributed by atoms with Crippen LogP contribution in [0.3, 0.4) is 0 Å². The van der Waals surface area contributed by atoms with Gasteiger partial charge in [-0.05, 0) is 12.1 Å². The molecule has 2 aromatic rings. The number of sulfone groups is 1. The molecule has 0 fully saturated rings. The predicted molar refractivity (Wildman–Crippen MR) is 64.9 cm³/mol. The van der Waals surface area contributed by atoms with Gasteiger partial charge in [-0.1, -0.05) is 30.3 Å². The summed E-state index contributed by atoms with van der Waals surface area (Å²) in [5, 5.41) is 0. The van der Waals surface area contributed by atoms with Gasteiger partial charge in [0, 0.05) is 17.4 Å². The summed E-state index contributed by atoms with van der Waals surface area (Å²) >= 11 is 0. The molecule has 18 heavy (non-hydrogen) atoms. The van der Waals surface area contributed by atoms with Gasteiger partial charge in [0.1, 0.15) is 16.5 Å². The molecule has 0 bridgehead atoms. The Bertz CT molecular complexity index is 694. The summed E-state index contributed by atoms with van der Waals surface area (Å²) in [6, 6.07) is 9.45. The van der Waals surface area contributed by atoms with E-state index in [2.05, 4.69) is 0 Å². The van der Waals surface area contributed by atoms with E-state index in [1.54, 1.807) is 6.07 Å². The van der Waals surface area contributed by atoms with Gasteiger partial charge in [0.2, 0.25) is 0 Å². The van der Waals surface area contributed by atoms with Crippen LogP contribution in [0.2, 0.25) is 0 Å². The van der Waals surface area contributed by atoms with Gasteiger partial charge in [0.05, 0.1) is 0 Å². The minimum absolute atomic E-state index is 0.0376. The summed E-state index contributed by atoms with van der Waals surface area (Å²) in [6.45, 7) is 0. The molecule has 0 aromatic heterocycles. The van der Waals surface area contributed by atoms with Crippen LogP contribution in [-0.4, -0.2) is 14.7 Å². The molecule has 2 rings (SSSR count). The molecule has 0 saturated carbocycles. The molecule has 0 atom stereocenters. The highest BCUT2D eigenvalue weighted by Crippen LogP contribution is 2.30. The molecule has 0 spiro atoms. The van der Waals surface area contributed by atoms with Gasteiger partial charge in [-0.2, -0.15) is 0 Å². The first-order chi connectivity index (χ1) is 8.41. The summed E-state index contributed by atoms with van der Waals surface area (Å²) < 4.78 is 50.5. The molecule has 0 aliphatic heterocycles. The van der Waals surface area contributed by atoms with Crippen LogP contribution in [0.5, 0.6) is 0 Å². The molecular formula is C13H10F2O2S. The van der Waals surface area contributed by atoms with E-state index >= 15 is 0 Å². The smallest absolute Gasteiger partial charge is 0.179 e. The quantitative estimate of drug-likeness (QED) is 0.839. The lowest BCUT2D eigenvalue weighted by Gasteiger charge is -2.09. The van der Waals surface area contributed by atoms with E-state index in [1.165, 1.54) is 30.3 Å². The molecule has 0 radical (unpaired) electrons. The first kappa shape index (κ1) is 12.7. The Morgan fingerprint density at radius 1 is 0.833 bits per heavy atom. The first-order valence-corrected chi connectivity index (χ1v) is 7.04. The number of rotatable bonds is 2. The van der Waals surface area contributed by atoms with E-state index in [4.69, 9.17) is 0 Å². The van der Waals surface area contributed by atoms with Crippen molar-refractivity contribution in [2.24, 2.45) is 0 Å². The minimum atomic E-state index is -3.77. The number of hydrogen-bond donors (Lipinski definition) is 0. The SMILES string of the molecule is CS(=O)(=O)c1c(F)cccc1-c1ccccc1F. The molecule has 0 heterocycles. The van der Waals surface area contributed by atoms with Crippen molar-refractivity contribution in [1.29, 1.82) is 0 Å². The predicted octanol–water partition coefficient (Wildman–Crippen LogP) is 3.04. The maximum absolute atomic E-state index is 13.7. The van der Waals surface area contributed by atoms with Gasteiger partial charge in [0.15, 0.2) is 9.84 Å². The van der Waals surface area contributed by atoms with Gasteiger partial charge in [0.25, 0.3) is 0 Å². The fraction of sp³-hybridized carbons (Fsp3) is 0.0769. The van der Waals surface area contributed by atoms with E-state index in [0.717, 1.165) is 12.3 Å². The minimum Gasteiger partial charge on any atom is -0.224 e. The zero-order chi connectivity index (χ0) is 13.3. The highest BCUT2D eigenvalue weighted by molar-refractivity contribution is 7.90. The molecular weight excluding hydrogens is 258 g/mol. The van der Waals surface area contributed by atoms with Gasteiger partial charge in [-0.15, -0.1) is 0 Å². The second-order valence-electron chi connectivity index (χ2n) is 3.87. The topological polar surface area (TPSA) is 34.1 Å². The Labute approximate surface area is 104 Å². The number of halogens is 2. The second kappa shape index (κ2) is 4.49. The summed E-state index contributed by atoms with van der Waals surface area (Å²) in [5.74, 6) is -1.47. The maximum atomic E-state index is 13.7. The summed E-state index contributed by atoms with van der Waals surface area (Å²) in [7, 11) is -3.77. The lowest BCUT2D eigenvalue weighted by atomic mass is 10.1. The Balaban J connectivity index is 2.82. The van der Waals surface area contributed by atoms with Crippen LogP contribution in [0.1, 0.15) is 0 Å². The first-order valence-electron chi connectivity index (χ1n) is 5.15. The van der Waals surface area contributed by atoms with Crippen LogP contribution in [0.15, 0.2) is 47.4 Å². The second-order valence-corrected chi connectivity index (χ2v) is 5.82. The van der Waals surface area contributed by atoms with Crippen molar-refractivity contribution in [3.63, 3.8) is 0 Å². The summed E-state index contributed by atoms with van der Waals surface area (Å²) in [5.41, 5.74) is 0.105. The molecule has 0 aliphatic carbocycles. The summed E-state index contributed by atoms with van der Waals surface area (Å²) in [4.78, 5) is -0.477. The molecule has 0 aliphatic rings. The molecule has 0 amide bonds. The fourth-order valence-electron chi connectivity index (χ4n) is 1.78. The Hall–Kier alpha value is -1.75. The third-order valence-electron chi connectivity index (χ3n) is 2.50. The van der Waals surface area contributed by atoms with Crippen molar-refractivity contribution in [3.8, 4) is 11.1 Å². The third-order valence-corrected chi connectivity index (χ3v) is 3.66. The van der Waals surface area contributed by atoms with Crippen molar-refractivity contribution >= 4 is 9.84 Å². The third kappa shape index (κ3) is 2.26. The van der Waals surface area contributed by atoms with Crippen LogP contribution in [0, 0.1) is 11.6 Å². The molecule has 0 unspecified atom stereocenters. The van der Waals surface area contributed by atoms with Crippen LogP contribution in [0.4, 0.5) is 8.78 Å². The Morgan fingerprint density at radius 3 is 2.00 bits per heavy atom. The largest absolute Gasteiger partial charge is 0.224 e. The van der Waals surface area contributed by atoms with Crippen LogP contribution in [-0.2, 0) is 9.84 Å². The van der Waals surface area contributed by atoms with E-state index in [1.807, 2.05) is 0 Å².